The van der Waals surface area contributed by atoms with E-state index in [0.717, 1.165) is 0 Å². The molecule has 0 saturated carbocycles. The lowest BCUT2D eigenvalue weighted by atomic mass is 10.1. The van der Waals surface area contributed by atoms with Crippen molar-refractivity contribution in [1.29, 1.82) is 0 Å². The van der Waals surface area contributed by atoms with E-state index in [1.807, 2.05) is 32.2 Å². The Balaban J connectivity index is 2.68. The van der Waals surface area contributed by atoms with Crippen LogP contribution >= 0.6 is 11.6 Å². The molecule has 0 bridgehead atoms. The van der Waals surface area contributed by atoms with Crippen molar-refractivity contribution in [3.63, 3.8) is 0 Å². The van der Waals surface area contributed by atoms with E-state index in [2.05, 4.69) is 13.0 Å². The third-order valence-corrected chi connectivity index (χ3v) is 3.16. The van der Waals surface area contributed by atoms with Gasteiger partial charge in [-0.05, 0) is 18.1 Å². The van der Waals surface area contributed by atoms with E-state index in [1.54, 1.807) is 4.90 Å². The van der Waals surface area contributed by atoms with Gasteiger partial charge in [0, 0.05) is 25.4 Å². The maximum absolute atomic E-state index is 11.8. The number of halogens is 1. The minimum Gasteiger partial charge on any atom is -0.341 e. The number of rotatable bonds is 4. The first kappa shape index (κ1) is 13.0. The van der Waals surface area contributed by atoms with E-state index in [-0.39, 0.29) is 11.8 Å². The molecule has 0 saturated heterocycles. The third-order valence-electron chi connectivity index (χ3n) is 2.70. The summed E-state index contributed by atoms with van der Waals surface area (Å²) >= 11 is 5.68. The highest BCUT2D eigenvalue weighted by molar-refractivity contribution is 6.19. The number of benzene rings is 1. The first-order chi connectivity index (χ1) is 7.56. The summed E-state index contributed by atoms with van der Waals surface area (Å²) in [5.74, 6) is 0.352. The van der Waals surface area contributed by atoms with Crippen LogP contribution in [0.5, 0.6) is 0 Å². The second-order valence-electron chi connectivity index (χ2n) is 4.18. The highest BCUT2D eigenvalue weighted by atomic mass is 35.5. The molecule has 1 amide bonds. The average Bonchev–Trinajstić information content (AvgIpc) is 2.30. The van der Waals surface area contributed by atoms with E-state index < -0.39 is 0 Å². The fraction of sp³-hybridized carbons (Fsp3) is 0.462. The van der Waals surface area contributed by atoms with Crippen molar-refractivity contribution < 1.29 is 4.79 Å². The molecule has 0 spiro atoms. The topological polar surface area (TPSA) is 20.3 Å². The summed E-state index contributed by atoms with van der Waals surface area (Å²) in [5.41, 5.74) is 2.39. The van der Waals surface area contributed by atoms with Gasteiger partial charge in [-0.25, -0.2) is 0 Å². The van der Waals surface area contributed by atoms with Crippen LogP contribution in [0, 0.1) is 12.8 Å². The van der Waals surface area contributed by atoms with Crippen LogP contribution in [0.25, 0.3) is 0 Å². The third kappa shape index (κ3) is 3.24. The molecule has 16 heavy (non-hydrogen) atoms. The van der Waals surface area contributed by atoms with E-state index in [1.165, 1.54) is 11.1 Å². The predicted molar refractivity (Wildman–Crippen MR) is 67.5 cm³/mol. The average molecular weight is 240 g/mol. The minimum atomic E-state index is -0.115. The molecule has 0 heterocycles. The van der Waals surface area contributed by atoms with Gasteiger partial charge in [-0.15, -0.1) is 11.6 Å². The maximum Gasteiger partial charge on any atom is 0.226 e. The Morgan fingerprint density at radius 2 is 2.06 bits per heavy atom. The first-order valence-electron chi connectivity index (χ1n) is 5.41. The Labute approximate surface area is 102 Å². The van der Waals surface area contributed by atoms with Crippen molar-refractivity contribution >= 4 is 17.5 Å². The van der Waals surface area contributed by atoms with Gasteiger partial charge in [0.15, 0.2) is 0 Å². The molecule has 2 nitrogen and oxygen atoms in total. The summed E-state index contributed by atoms with van der Waals surface area (Å²) in [4.78, 5) is 13.6. The highest BCUT2D eigenvalue weighted by Gasteiger charge is 2.16. The molecule has 0 N–H and O–H groups in total. The van der Waals surface area contributed by atoms with E-state index in [9.17, 15) is 4.79 Å². The van der Waals surface area contributed by atoms with Crippen LogP contribution in [0.4, 0.5) is 0 Å². The van der Waals surface area contributed by atoms with E-state index in [4.69, 9.17) is 11.6 Å². The minimum absolute atomic E-state index is 0.0956. The van der Waals surface area contributed by atoms with Crippen LogP contribution in [-0.2, 0) is 11.3 Å². The highest BCUT2D eigenvalue weighted by Crippen LogP contribution is 2.11. The van der Waals surface area contributed by atoms with Gasteiger partial charge in [0.2, 0.25) is 5.91 Å². The largest absolute Gasteiger partial charge is 0.341 e. The summed E-state index contributed by atoms with van der Waals surface area (Å²) in [5, 5.41) is 0. The first-order valence-corrected chi connectivity index (χ1v) is 5.95. The van der Waals surface area contributed by atoms with Crippen LogP contribution in [0.1, 0.15) is 18.1 Å². The molecule has 1 atom stereocenters. The number of carbonyl (C=O) groups excluding carboxylic acids is 1. The molecule has 3 heteroatoms. The Kier molecular flexibility index (Phi) is 4.81. The van der Waals surface area contributed by atoms with Crippen molar-refractivity contribution in [3.8, 4) is 0 Å². The molecule has 0 radical (unpaired) electrons. The SMILES string of the molecule is Cc1ccccc1CN(C)C(=O)C(C)CCl. The van der Waals surface area contributed by atoms with Crippen LogP contribution in [-0.4, -0.2) is 23.7 Å². The molecular formula is C13H18ClNO. The zero-order valence-corrected chi connectivity index (χ0v) is 10.8. The number of aryl methyl sites for hydroxylation is 1. The lowest BCUT2D eigenvalue weighted by Crippen LogP contribution is -2.32. The van der Waals surface area contributed by atoms with Crippen LogP contribution < -0.4 is 0 Å². The van der Waals surface area contributed by atoms with Gasteiger partial charge in [-0.1, -0.05) is 31.2 Å². The standard InChI is InChI=1S/C13H18ClNO/c1-10-6-4-5-7-12(10)9-15(3)13(16)11(2)8-14/h4-7,11H,8-9H2,1-3H3. The fourth-order valence-electron chi connectivity index (χ4n) is 1.56. The molecule has 1 rings (SSSR count). The van der Waals surface area contributed by atoms with Gasteiger partial charge in [0.05, 0.1) is 0 Å². The summed E-state index contributed by atoms with van der Waals surface area (Å²) in [6.45, 7) is 4.55. The Bertz CT molecular complexity index is 365. The summed E-state index contributed by atoms with van der Waals surface area (Å²) in [6.07, 6.45) is 0. The molecule has 0 aliphatic rings. The lowest BCUT2D eigenvalue weighted by Gasteiger charge is -2.21. The molecule has 0 fully saturated rings. The normalized spacial score (nSPS) is 12.2. The van der Waals surface area contributed by atoms with Gasteiger partial charge in [-0.2, -0.15) is 0 Å². The zero-order chi connectivity index (χ0) is 12.1. The van der Waals surface area contributed by atoms with Gasteiger partial charge >= 0.3 is 0 Å². The fourth-order valence-corrected chi connectivity index (χ4v) is 1.70. The second-order valence-corrected chi connectivity index (χ2v) is 4.48. The molecule has 1 aromatic rings. The van der Waals surface area contributed by atoms with Gasteiger partial charge in [-0.3, -0.25) is 4.79 Å². The molecule has 0 aliphatic heterocycles. The van der Waals surface area contributed by atoms with Crippen LogP contribution in [0.2, 0.25) is 0 Å². The Morgan fingerprint density at radius 1 is 1.44 bits per heavy atom. The van der Waals surface area contributed by atoms with Crippen LogP contribution in [0.3, 0.4) is 0 Å². The van der Waals surface area contributed by atoms with Crippen molar-refractivity contribution in [1.82, 2.24) is 4.90 Å². The number of nitrogens with zero attached hydrogens (tertiary/aromatic N) is 1. The number of hydrogen-bond donors (Lipinski definition) is 0. The van der Waals surface area contributed by atoms with E-state index >= 15 is 0 Å². The summed E-state index contributed by atoms with van der Waals surface area (Å²) in [6, 6.07) is 8.09. The molecular weight excluding hydrogens is 222 g/mol. The number of carbonyl (C=O) groups is 1. The smallest absolute Gasteiger partial charge is 0.226 e. The number of amides is 1. The molecule has 88 valence electrons. The van der Waals surface area contributed by atoms with Crippen LogP contribution in [0.15, 0.2) is 24.3 Å². The predicted octanol–water partition coefficient (Wildman–Crippen LogP) is 2.83. The second kappa shape index (κ2) is 5.90. The van der Waals surface area contributed by atoms with Gasteiger partial charge in [0.25, 0.3) is 0 Å². The van der Waals surface area contributed by atoms with Crippen molar-refractivity contribution in [2.24, 2.45) is 5.92 Å². The summed E-state index contributed by atoms with van der Waals surface area (Å²) < 4.78 is 0. The van der Waals surface area contributed by atoms with E-state index in [0.29, 0.717) is 12.4 Å². The molecule has 0 aliphatic carbocycles. The maximum atomic E-state index is 11.8. The van der Waals surface area contributed by atoms with Gasteiger partial charge in [0.1, 0.15) is 0 Å². The molecule has 1 aromatic carbocycles. The Hall–Kier alpha value is -1.02. The van der Waals surface area contributed by atoms with Crippen molar-refractivity contribution in [2.45, 2.75) is 20.4 Å². The zero-order valence-electron chi connectivity index (χ0n) is 10.0. The number of hydrogen-bond acceptors (Lipinski definition) is 1. The monoisotopic (exact) mass is 239 g/mol. The summed E-state index contributed by atoms with van der Waals surface area (Å²) in [7, 11) is 1.82. The Morgan fingerprint density at radius 3 is 2.62 bits per heavy atom. The quantitative estimate of drug-likeness (QED) is 0.740. The number of alkyl halides is 1. The molecule has 1 unspecified atom stereocenters. The molecule has 0 aromatic heterocycles. The van der Waals surface area contributed by atoms with Gasteiger partial charge < -0.3 is 4.90 Å². The van der Waals surface area contributed by atoms with Crippen molar-refractivity contribution in [2.75, 3.05) is 12.9 Å². The van der Waals surface area contributed by atoms with Crippen molar-refractivity contribution in [3.05, 3.63) is 35.4 Å². The lowest BCUT2D eigenvalue weighted by molar-refractivity contribution is -0.133.